The number of hydrogen-bond acceptors (Lipinski definition) is 5. The first-order valence-corrected chi connectivity index (χ1v) is 8.61. The Labute approximate surface area is 153 Å². The van der Waals surface area contributed by atoms with Crippen LogP contribution in [0.5, 0.6) is 0 Å². The Morgan fingerprint density at radius 2 is 1.81 bits per heavy atom. The van der Waals surface area contributed by atoms with Gasteiger partial charge in [-0.25, -0.2) is 14.2 Å². The van der Waals surface area contributed by atoms with Crippen LogP contribution in [-0.2, 0) is 16.0 Å². The molecule has 1 N–H and O–H groups in total. The highest BCUT2D eigenvalue weighted by atomic mass is 32.1. The Bertz CT molecular complexity index is 921. The number of carbonyl (C=O) groups is 2. The summed E-state index contributed by atoms with van der Waals surface area (Å²) in [6.45, 7) is 0. The molecule has 0 saturated carbocycles. The third-order valence-corrected chi connectivity index (χ3v) is 4.51. The minimum absolute atomic E-state index is 0.121. The van der Waals surface area contributed by atoms with Crippen LogP contribution in [0, 0.1) is 5.82 Å². The van der Waals surface area contributed by atoms with Crippen LogP contribution in [0.1, 0.15) is 16.1 Å². The van der Waals surface area contributed by atoms with E-state index < -0.39 is 5.97 Å². The van der Waals surface area contributed by atoms with Crippen LogP contribution in [0.2, 0.25) is 0 Å². The fraction of sp³-hybridized carbons (Fsp3) is 0.105. The number of amides is 1. The molecule has 0 radical (unpaired) electrons. The number of esters is 1. The van der Waals surface area contributed by atoms with Gasteiger partial charge < -0.3 is 10.1 Å². The van der Waals surface area contributed by atoms with Gasteiger partial charge in [-0.05, 0) is 48.5 Å². The van der Waals surface area contributed by atoms with Gasteiger partial charge >= 0.3 is 5.97 Å². The summed E-state index contributed by atoms with van der Waals surface area (Å²) in [6.07, 6.45) is 0.121. The van der Waals surface area contributed by atoms with Gasteiger partial charge in [0, 0.05) is 16.6 Å². The average molecular weight is 370 g/mol. The van der Waals surface area contributed by atoms with Crippen LogP contribution < -0.4 is 5.32 Å². The highest BCUT2D eigenvalue weighted by molar-refractivity contribution is 7.13. The number of nitrogens with zero attached hydrogens (tertiary/aromatic N) is 1. The number of benzene rings is 2. The van der Waals surface area contributed by atoms with Crippen molar-refractivity contribution in [2.45, 2.75) is 6.42 Å². The van der Waals surface area contributed by atoms with Crippen molar-refractivity contribution in [2.75, 3.05) is 12.4 Å². The van der Waals surface area contributed by atoms with Crippen molar-refractivity contribution in [1.82, 2.24) is 4.98 Å². The van der Waals surface area contributed by atoms with Gasteiger partial charge in [0.15, 0.2) is 0 Å². The molecular formula is C19H15FN2O3S. The minimum Gasteiger partial charge on any atom is -0.465 e. The smallest absolute Gasteiger partial charge is 0.337 e. The lowest BCUT2D eigenvalue weighted by atomic mass is 10.2. The zero-order valence-corrected chi connectivity index (χ0v) is 14.7. The van der Waals surface area contributed by atoms with Crippen molar-refractivity contribution in [1.29, 1.82) is 0 Å². The fourth-order valence-electron chi connectivity index (χ4n) is 2.29. The van der Waals surface area contributed by atoms with Gasteiger partial charge in [0.2, 0.25) is 5.91 Å². The lowest BCUT2D eigenvalue weighted by molar-refractivity contribution is -0.115. The zero-order valence-electron chi connectivity index (χ0n) is 13.9. The largest absolute Gasteiger partial charge is 0.465 e. The first kappa shape index (κ1) is 17.8. The molecule has 1 heterocycles. The van der Waals surface area contributed by atoms with Crippen molar-refractivity contribution in [3.8, 4) is 10.6 Å². The summed E-state index contributed by atoms with van der Waals surface area (Å²) in [4.78, 5) is 28.0. The summed E-state index contributed by atoms with van der Waals surface area (Å²) < 4.78 is 17.6. The Kier molecular flexibility index (Phi) is 5.38. The molecule has 0 unspecified atom stereocenters. The van der Waals surface area contributed by atoms with E-state index in [1.165, 1.54) is 30.6 Å². The molecule has 3 aromatic rings. The number of ether oxygens (including phenoxy) is 1. The molecule has 0 bridgehead atoms. The lowest BCUT2D eigenvalue weighted by Crippen LogP contribution is -2.14. The fourth-order valence-corrected chi connectivity index (χ4v) is 3.12. The van der Waals surface area contributed by atoms with E-state index in [4.69, 9.17) is 0 Å². The molecule has 1 aromatic heterocycles. The average Bonchev–Trinajstić information content (AvgIpc) is 3.10. The van der Waals surface area contributed by atoms with Gasteiger partial charge in [0.25, 0.3) is 0 Å². The monoisotopic (exact) mass is 370 g/mol. The van der Waals surface area contributed by atoms with Crippen molar-refractivity contribution < 1.29 is 18.7 Å². The van der Waals surface area contributed by atoms with Gasteiger partial charge in [-0.15, -0.1) is 11.3 Å². The maximum Gasteiger partial charge on any atom is 0.337 e. The van der Waals surface area contributed by atoms with Gasteiger partial charge in [0.1, 0.15) is 10.8 Å². The standard InChI is InChI=1S/C19H15FN2O3S/c1-25-19(24)13-4-8-15(9-5-13)21-17(23)10-16-11-26-18(22-16)12-2-6-14(20)7-3-12/h2-9,11H,10H2,1H3,(H,21,23). The van der Waals surface area contributed by atoms with Crippen molar-refractivity contribution in [3.05, 3.63) is 71.0 Å². The first-order chi connectivity index (χ1) is 12.5. The molecule has 3 rings (SSSR count). The molecule has 2 aromatic carbocycles. The van der Waals surface area contributed by atoms with E-state index in [1.807, 2.05) is 0 Å². The predicted molar refractivity (Wildman–Crippen MR) is 97.6 cm³/mol. The molecule has 0 aliphatic rings. The van der Waals surface area contributed by atoms with Crippen molar-refractivity contribution in [2.24, 2.45) is 0 Å². The van der Waals surface area contributed by atoms with Crippen LogP contribution in [0.25, 0.3) is 10.6 Å². The molecular weight excluding hydrogens is 355 g/mol. The molecule has 0 aliphatic carbocycles. The summed E-state index contributed by atoms with van der Waals surface area (Å²) in [5, 5.41) is 5.29. The van der Waals surface area contributed by atoms with E-state index in [1.54, 1.807) is 41.8 Å². The Balaban J connectivity index is 1.61. The second-order valence-electron chi connectivity index (χ2n) is 5.44. The molecule has 1 amide bonds. The number of aromatic nitrogens is 1. The maximum atomic E-state index is 13.0. The van der Waals surface area contributed by atoms with Crippen molar-refractivity contribution >= 4 is 28.9 Å². The van der Waals surface area contributed by atoms with Gasteiger partial charge in [-0.3, -0.25) is 4.79 Å². The van der Waals surface area contributed by atoms with Crippen LogP contribution in [0.15, 0.2) is 53.9 Å². The van der Waals surface area contributed by atoms with E-state index in [9.17, 15) is 14.0 Å². The Morgan fingerprint density at radius 3 is 2.46 bits per heavy atom. The molecule has 7 heteroatoms. The maximum absolute atomic E-state index is 13.0. The summed E-state index contributed by atoms with van der Waals surface area (Å²) >= 11 is 1.40. The molecule has 0 saturated heterocycles. The summed E-state index contributed by atoms with van der Waals surface area (Å²) in [7, 11) is 1.31. The topological polar surface area (TPSA) is 68.3 Å². The molecule has 132 valence electrons. The lowest BCUT2D eigenvalue weighted by Gasteiger charge is -2.05. The molecule has 0 spiro atoms. The number of methoxy groups -OCH3 is 1. The van der Waals surface area contributed by atoms with E-state index in [0.29, 0.717) is 16.9 Å². The van der Waals surface area contributed by atoms with Crippen LogP contribution in [0.3, 0.4) is 0 Å². The van der Waals surface area contributed by atoms with Gasteiger partial charge in [0.05, 0.1) is 24.8 Å². The SMILES string of the molecule is COC(=O)c1ccc(NC(=O)Cc2csc(-c3ccc(F)cc3)n2)cc1. The highest BCUT2D eigenvalue weighted by Gasteiger charge is 2.10. The van der Waals surface area contributed by atoms with Crippen LogP contribution in [0.4, 0.5) is 10.1 Å². The normalized spacial score (nSPS) is 10.4. The number of hydrogen-bond donors (Lipinski definition) is 1. The molecule has 0 aliphatic heterocycles. The molecule has 5 nitrogen and oxygen atoms in total. The molecule has 0 fully saturated rings. The van der Waals surface area contributed by atoms with Crippen LogP contribution >= 0.6 is 11.3 Å². The number of nitrogens with one attached hydrogen (secondary N) is 1. The van der Waals surface area contributed by atoms with Crippen LogP contribution in [-0.4, -0.2) is 24.0 Å². The summed E-state index contributed by atoms with van der Waals surface area (Å²) in [5.74, 6) is -0.950. The quantitative estimate of drug-likeness (QED) is 0.691. The Morgan fingerprint density at radius 1 is 1.12 bits per heavy atom. The summed E-state index contributed by atoms with van der Waals surface area (Å²) in [5.41, 5.74) is 2.44. The Hall–Kier alpha value is -3.06. The number of anilines is 1. The van der Waals surface area contributed by atoms with Gasteiger partial charge in [-0.1, -0.05) is 0 Å². The number of thiazole rings is 1. The van der Waals surface area contributed by atoms with E-state index in [2.05, 4.69) is 15.0 Å². The molecule has 26 heavy (non-hydrogen) atoms. The first-order valence-electron chi connectivity index (χ1n) is 7.74. The van der Waals surface area contributed by atoms with E-state index in [0.717, 1.165) is 10.6 Å². The third-order valence-electron chi connectivity index (χ3n) is 3.57. The summed E-state index contributed by atoms with van der Waals surface area (Å²) in [6, 6.07) is 12.5. The second-order valence-corrected chi connectivity index (χ2v) is 6.30. The second kappa shape index (κ2) is 7.88. The molecule has 0 atom stereocenters. The zero-order chi connectivity index (χ0) is 18.5. The third kappa shape index (κ3) is 4.31. The number of rotatable bonds is 5. The predicted octanol–water partition coefficient (Wildman–Crippen LogP) is 3.92. The highest BCUT2D eigenvalue weighted by Crippen LogP contribution is 2.24. The number of carbonyl (C=O) groups excluding carboxylic acids is 2. The number of halogens is 1. The van der Waals surface area contributed by atoms with E-state index in [-0.39, 0.29) is 18.1 Å². The van der Waals surface area contributed by atoms with Gasteiger partial charge in [-0.2, -0.15) is 0 Å². The van der Waals surface area contributed by atoms with E-state index >= 15 is 0 Å². The minimum atomic E-state index is -0.432. The van der Waals surface area contributed by atoms with Crippen molar-refractivity contribution in [3.63, 3.8) is 0 Å².